The van der Waals surface area contributed by atoms with Crippen LogP contribution in [0.25, 0.3) is 5.69 Å². The summed E-state index contributed by atoms with van der Waals surface area (Å²) < 4.78 is 34.1. The van der Waals surface area contributed by atoms with Crippen LogP contribution in [0, 0.1) is 0 Å². The van der Waals surface area contributed by atoms with Gasteiger partial charge in [-0.1, -0.05) is 23.7 Å². The molecule has 4 rings (SSSR count). The van der Waals surface area contributed by atoms with Crippen molar-refractivity contribution < 1.29 is 17.9 Å². The predicted octanol–water partition coefficient (Wildman–Crippen LogP) is 1.61. The zero-order chi connectivity index (χ0) is 22.7. The number of piperazine rings is 1. The number of sulfonamides is 1. The molecule has 0 aliphatic carbocycles. The first-order valence-electron chi connectivity index (χ1n) is 9.83. The summed E-state index contributed by atoms with van der Waals surface area (Å²) in [5, 5.41) is 12.5. The molecule has 2 aromatic carbocycles. The topological polar surface area (TPSA) is 111 Å². The summed E-state index contributed by atoms with van der Waals surface area (Å²) in [6.45, 7) is 2.00. The van der Waals surface area contributed by atoms with E-state index in [-0.39, 0.29) is 23.5 Å². The van der Waals surface area contributed by atoms with Crippen LogP contribution in [0.15, 0.2) is 53.4 Å². The number of benzene rings is 2. The third kappa shape index (κ3) is 4.51. The Bertz CT molecular complexity index is 1210. The number of carbonyl (C=O) groups excluding carboxylic acids is 1. The number of rotatable bonds is 6. The summed E-state index contributed by atoms with van der Waals surface area (Å²) in [5.74, 6) is -0.0449. The molecule has 3 aromatic rings. The van der Waals surface area contributed by atoms with Gasteiger partial charge in [-0.15, -0.1) is 5.10 Å². The Hall–Kier alpha value is -2.86. The van der Waals surface area contributed by atoms with E-state index in [9.17, 15) is 13.2 Å². The van der Waals surface area contributed by atoms with Crippen LogP contribution in [0.3, 0.4) is 0 Å². The van der Waals surface area contributed by atoms with E-state index in [1.54, 1.807) is 28.9 Å². The lowest BCUT2D eigenvalue weighted by atomic mass is 10.2. The van der Waals surface area contributed by atoms with Gasteiger partial charge in [0.2, 0.25) is 10.0 Å². The second-order valence-electron chi connectivity index (χ2n) is 7.15. The molecule has 1 aromatic heterocycles. The van der Waals surface area contributed by atoms with Gasteiger partial charge in [-0.2, -0.15) is 8.99 Å². The van der Waals surface area contributed by atoms with Gasteiger partial charge in [-0.05, 0) is 46.8 Å². The highest BCUT2D eigenvalue weighted by Crippen LogP contribution is 2.23. The minimum absolute atomic E-state index is 0.0274. The van der Waals surface area contributed by atoms with Crippen LogP contribution >= 0.6 is 11.6 Å². The van der Waals surface area contributed by atoms with Gasteiger partial charge < -0.3 is 4.74 Å². The average molecular weight is 477 g/mol. The van der Waals surface area contributed by atoms with E-state index < -0.39 is 16.0 Å². The Morgan fingerprint density at radius 2 is 1.75 bits per heavy atom. The maximum absolute atomic E-state index is 13.2. The molecule has 0 unspecified atom stereocenters. The predicted molar refractivity (Wildman–Crippen MR) is 116 cm³/mol. The maximum Gasteiger partial charge on any atom is 0.339 e. The summed E-state index contributed by atoms with van der Waals surface area (Å²) in [4.78, 5) is 14.0. The largest absolute Gasteiger partial charge is 0.465 e. The molecule has 12 heteroatoms. The minimum atomic E-state index is -3.84. The van der Waals surface area contributed by atoms with Crippen molar-refractivity contribution in [2.24, 2.45) is 0 Å². The molecule has 0 spiro atoms. The van der Waals surface area contributed by atoms with Gasteiger partial charge in [0.15, 0.2) is 5.82 Å². The lowest BCUT2D eigenvalue weighted by Gasteiger charge is -2.33. The van der Waals surface area contributed by atoms with Crippen molar-refractivity contribution in [3.8, 4) is 5.69 Å². The lowest BCUT2D eigenvalue weighted by Crippen LogP contribution is -2.48. The summed E-state index contributed by atoms with van der Waals surface area (Å²) >= 11 is 5.95. The summed E-state index contributed by atoms with van der Waals surface area (Å²) in [7, 11) is -2.62. The second kappa shape index (κ2) is 9.33. The zero-order valence-corrected chi connectivity index (χ0v) is 18.8. The number of methoxy groups -OCH3 is 1. The first kappa shape index (κ1) is 22.3. The van der Waals surface area contributed by atoms with Gasteiger partial charge in [0.05, 0.1) is 29.8 Å². The molecule has 1 aliphatic rings. The number of hydrogen-bond acceptors (Lipinski definition) is 8. The van der Waals surface area contributed by atoms with Crippen molar-refractivity contribution in [1.29, 1.82) is 0 Å². The molecule has 0 N–H and O–H groups in total. The van der Waals surface area contributed by atoms with Gasteiger partial charge in [-0.25, -0.2) is 13.2 Å². The molecule has 0 saturated carbocycles. The number of esters is 1. The van der Waals surface area contributed by atoms with Crippen LogP contribution in [0.4, 0.5) is 0 Å². The Balaban J connectivity index is 1.45. The highest BCUT2D eigenvalue weighted by Gasteiger charge is 2.32. The van der Waals surface area contributed by atoms with E-state index in [4.69, 9.17) is 16.3 Å². The number of nitrogens with zero attached hydrogens (tertiary/aromatic N) is 6. The van der Waals surface area contributed by atoms with Crippen LogP contribution in [-0.2, 0) is 21.3 Å². The number of tetrazole rings is 1. The van der Waals surface area contributed by atoms with E-state index in [0.717, 1.165) is 5.69 Å². The normalized spacial score (nSPS) is 15.6. The molecule has 0 radical (unpaired) electrons. The average Bonchev–Trinajstić information content (AvgIpc) is 3.27. The van der Waals surface area contributed by atoms with Crippen molar-refractivity contribution >= 4 is 27.6 Å². The van der Waals surface area contributed by atoms with Crippen molar-refractivity contribution in [3.05, 3.63) is 64.9 Å². The number of halogens is 1. The minimum Gasteiger partial charge on any atom is -0.465 e. The van der Waals surface area contributed by atoms with E-state index in [0.29, 0.717) is 30.5 Å². The molecule has 0 amide bonds. The van der Waals surface area contributed by atoms with Crippen LogP contribution in [0.1, 0.15) is 16.2 Å². The number of ether oxygens (including phenoxy) is 1. The monoisotopic (exact) mass is 476 g/mol. The summed E-state index contributed by atoms with van der Waals surface area (Å²) in [6.07, 6.45) is 0. The molecule has 32 heavy (non-hydrogen) atoms. The SMILES string of the molecule is COC(=O)c1ccccc1S(=O)(=O)N1CCN(Cc2nnnn2-c2ccc(Cl)cc2)CC1. The number of aromatic nitrogens is 4. The van der Waals surface area contributed by atoms with Crippen molar-refractivity contribution in [1.82, 2.24) is 29.4 Å². The Morgan fingerprint density at radius 1 is 1.06 bits per heavy atom. The van der Waals surface area contributed by atoms with Crippen molar-refractivity contribution in [3.63, 3.8) is 0 Å². The van der Waals surface area contributed by atoms with Crippen molar-refractivity contribution in [2.45, 2.75) is 11.4 Å². The van der Waals surface area contributed by atoms with Crippen molar-refractivity contribution in [2.75, 3.05) is 33.3 Å². The molecule has 2 heterocycles. The Labute approximate surface area is 190 Å². The lowest BCUT2D eigenvalue weighted by molar-refractivity contribution is 0.0596. The van der Waals surface area contributed by atoms with Gasteiger partial charge >= 0.3 is 5.97 Å². The summed E-state index contributed by atoms with van der Waals surface area (Å²) in [5.41, 5.74) is 0.814. The highest BCUT2D eigenvalue weighted by atomic mass is 35.5. The quantitative estimate of drug-likeness (QED) is 0.493. The van der Waals surface area contributed by atoms with E-state index >= 15 is 0 Å². The van der Waals surface area contributed by atoms with Gasteiger partial charge in [-0.3, -0.25) is 4.90 Å². The summed E-state index contributed by atoms with van der Waals surface area (Å²) in [6, 6.07) is 13.2. The highest BCUT2D eigenvalue weighted by molar-refractivity contribution is 7.89. The molecule has 1 saturated heterocycles. The fourth-order valence-electron chi connectivity index (χ4n) is 3.52. The van der Waals surface area contributed by atoms with Gasteiger partial charge in [0.25, 0.3) is 0 Å². The third-order valence-corrected chi connectivity index (χ3v) is 7.42. The molecule has 1 fully saturated rings. The van der Waals surface area contributed by atoms with E-state index in [1.165, 1.54) is 23.5 Å². The Morgan fingerprint density at radius 3 is 2.44 bits per heavy atom. The van der Waals surface area contributed by atoms with Crippen LogP contribution < -0.4 is 0 Å². The second-order valence-corrected chi connectivity index (χ2v) is 9.49. The van der Waals surface area contributed by atoms with E-state index in [1.807, 2.05) is 12.1 Å². The van der Waals surface area contributed by atoms with Gasteiger partial charge in [0, 0.05) is 31.2 Å². The van der Waals surface area contributed by atoms with E-state index in [2.05, 4.69) is 20.4 Å². The fourth-order valence-corrected chi connectivity index (χ4v) is 5.25. The molecular weight excluding hydrogens is 456 g/mol. The maximum atomic E-state index is 13.2. The van der Waals surface area contributed by atoms with Crippen LogP contribution in [0.2, 0.25) is 5.02 Å². The number of carbonyl (C=O) groups is 1. The molecule has 1 aliphatic heterocycles. The van der Waals surface area contributed by atoms with Crippen LogP contribution in [-0.4, -0.2) is 77.1 Å². The smallest absolute Gasteiger partial charge is 0.339 e. The molecule has 168 valence electrons. The standard InChI is InChI=1S/C20H21ClN6O4S/c1-31-20(28)17-4-2-3-5-18(17)32(29,30)26-12-10-25(11-13-26)14-19-22-23-24-27(19)16-8-6-15(21)7-9-16/h2-9H,10-14H2,1H3. The fraction of sp³-hybridized carbons (Fsp3) is 0.300. The Kier molecular flexibility index (Phi) is 6.51. The van der Waals surface area contributed by atoms with Crippen LogP contribution in [0.5, 0.6) is 0 Å². The molecule has 0 bridgehead atoms. The first-order chi connectivity index (χ1) is 15.4. The number of hydrogen-bond donors (Lipinski definition) is 0. The third-order valence-electron chi connectivity index (χ3n) is 5.21. The molecule has 10 nitrogen and oxygen atoms in total. The molecule has 0 atom stereocenters. The zero-order valence-electron chi connectivity index (χ0n) is 17.3. The first-order valence-corrected chi connectivity index (χ1v) is 11.6. The van der Waals surface area contributed by atoms with Gasteiger partial charge in [0.1, 0.15) is 0 Å². The molecular formula is C20H21ClN6O4S.